The van der Waals surface area contributed by atoms with Crippen LogP contribution in [0.15, 0.2) is 47.4 Å². The molecule has 1 spiro atoms. The van der Waals surface area contributed by atoms with Crippen molar-refractivity contribution in [1.82, 2.24) is 4.72 Å². The van der Waals surface area contributed by atoms with Gasteiger partial charge in [-0.25, -0.2) is 21.6 Å². The second-order valence-electron chi connectivity index (χ2n) is 10.5. The van der Waals surface area contributed by atoms with Gasteiger partial charge in [-0.3, -0.25) is 9.52 Å². The van der Waals surface area contributed by atoms with Crippen LogP contribution in [0, 0.1) is 0 Å². The predicted octanol–water partition coefficient (Wildman–Crippen LogP) is 3.75. The largest absolute Gasteiger partial charge is 0.307 e. The number of benzene rings is 2. The summed E-state index contributed by atoms with van der Waals surface area (Å²) in [5.41, 5.74) is 1.89. The third-order valence-electron chi connectivity index (χ3n) is 7.45. The molecule has 2 N–H and O–H groups in total. The fraction of sp³-hybridized carbons (Fsp3) is 0.480. The van der Waals surface area contributed by atoms with Crippen LogP contribution in [0.1, 0.15) is 67.8 Å². The highest BCUT2D eigenvalue weighted by Gasteiger charge is 2.46. The minimum atomic E-state index is -3.73. The fourth-order valence-corrected chi connectivity index (χ4v) is 7.47. The van der Waals surface area contributed by atoms with Crippen LogP contribution in [-0.4, -0.2) is 41.1 Å². The van der Waals surface area contributed by atoms with Gasteiger partial charge in [0.1, 0.15) is 0 Å². The summed E-state index contributed by atoms with van der Waals surface area (Å²) in [6, 6.07) is 11.5. The van der Waals surface area contributed by atoms with Crippen LogP contribution in [0.25, 0.3) is 0 Å². The molecule has 8 nitrogen and oxygen atoms in total. The number of nitrogens with one attached hydrogen (secondary N) is 2. The number of amides is 1. The van der Waals surface area contributed by atoms with E-state index in [0.717, 1.165) is 62.5 Å². The molecule has 2 aliphatic carbocycles. The summed E-state index contributed by atoms with van der Waals surface area (Å²) in [5, 5.41) is 0. The zero-order chi connectivity index (χ0) is 25.1. The highest BCUT2D eigenvalue weighted by Crippen LogP contribution is 2.50. The summed E-state index contributed by atoms with van der Waals surface area (Å²) in [7, 11) is -7.16. The van der Waals surface area contributed by atoms with Gasteiger partial charge in [0.25, 0.3) is 5.91 Å². The normalized spacial score (nSPS) is 20.5. The van der Waals surface area contributed by atoms with Crippen molar-refractivity contribution in [1.29, 1.82) is 0 Å². The van der Waals surface area contributed by atoms with Gasteiger partial charge >= 0.3 is 0 Å². The maximum atomic E-state index is 13.7. The number of hydrogen-bond acceptors (Lipinski definition) is 5. The molecule has 0 unspecified atom stereocenters. The average Bonchev–Trinajstić information content (AvgIpc) is 3.44. The molecule has 2 aromatic carbocycles. The van der Waals surface area contributed by atoms with E-state index in [4.69, 9.17) is 0 Å². The number of nitrogens with zero attached hydrogens (tertiary/aromatic N) is 1. The van der Waals surface area contributed by atoms with Crippen molar-refractivity contribution in [2.75, 3.05) is 22.4 Å². The summed E-state index contributed by atoms with van der Waals surface area (Å²) in [4.78, 5) is 15.5. The van der Waals surface area contributed by atoms with Crippen molar-refractivity contribution >= 4 is 37.3 Å². The molecule has 1 amide bonds. The second-order valence-corrected chi connectivity index (χ2v) is 14.0. The molecule has 0 radical (unpaired) electrons. The Morgan fingerprint density at radius 3 is 2.31 bits per heavy atom. The lowest BCUT2D eigenvalue weighted by molar-refractivity contribution is 0.0982. The van der Waals surface area contributed by atoms with Crippen molar-refractivity contribution in [2.45, 2.75) is 67.7 Å². The van der Waals surface area contributed by atoms with Crippen LogP contribution >= 0.6 is 0 Å². The first-order chi connectivity index (χ1) is 16.4. The van der Waals surface area contributed by atoms with Gasteiger partial charge in [0.2, 0.25) is 20.0 Å². The maximum Gasteiger partial charge on any atom is 0.258 e. The van der Waals surface area contributed by atoms with Gasteiger partial charge in [-0.1, -0.05) is 25.3 Å². The lowest BCUT2D eigenvalue weighted by Crippen LogP contribution is -2.38. The fourth-order valence-electron chi connectivity index (χ4n) is 5.41. The number of fused-ring (bicyclic) bond motifs is 2. The first-order valence-electron chi connectivity index (χ1n) is 12.0. The molecule has 2 fully saturated rings. The van der Waals surface area contributed by atoms with Gasteiger partial charge in [0.05, 0.1) is 11.2 Å². The Balaban J connectivity index is 1.50. The topological polar surface area (TPSA) is 113 Å². The lowest BCUT2D eigenvalue weighted by Gasteiger charge is -2.34. The number of carbonyl (C=O) groups excluding carboxylic acids is 1. The van der Waals surface area contributed by atoms with E-state index in [1.165, 1.54) is 12.1 Å². The summed E-state index contributed by atoms with van der Waals surface area (Å²) in [6.07, 6.45) is 7.78. The lowest BCUT2D eigenvalue weighted by atomic mass is 9.70. The third-order valence-corrected chi connectivity index (χ3v) is 9.69. The third kappa shape index (κ3) is 4.83. The summed E-state index contributed by atoms with van der Waals surface area (Å²) in [5.74, 6) is -0.257. The minimum Gasteiger partial charge on any atom is -0.307 e. The Bertz CT molecular complexity index is 1390. The second kappa shape index (κ2) is 8.31. The van der Waals surface area contributed by atoms with Crippen LogP contribution in [0.3, 0.4) is 0 Å². The van der Waals surface area contributed by atoms with Gasteiger partial charge in [-0.05, 0) is 74.6 Å². The van der Waals surface area contributed by atoms with Crippen molar-refractivity contribution in [2.24, 2.45) is 0 Å². The predicted molar refractivity (Wildman–Crippen MR) is 136 cm³/mol. The molecule has 188 valence electrons. The Hall–Kier alpha value is -2.43. The van der Waals surface area contributed by atoms with E-state index in [2.05, 4.69) is 9.44 Å². The van der Waals surface area contributed by atoms with Crippen LogP contribution in [0.2, 0.25) is 0 Å². The van der Waals surface area contributed by atoms with Crippen molar-refractivity contribution in [3.63, 3.8) is 0 Å². The van der Waals surface area contributed by atoms with Gasteiger partial charge in [0.15, 0.2) is 0 Å². The molecule has 35 heavy (non-hydrogen) atoms. The minimum absolute atomic E-state index is 0.0796. The highest BCUT2D eigenvalue weighted by molar-refractivity contribution is 7.92. The van der Waals surface area contributed by atoms with Crippen molar-refractivity contribution < 1.29 is 21.6 Å². The number of sulfonamides is 2. The van der Waals surface area contributed by atoms with E-state index in [9.17, 15) is 21.6 Å². The van der Waals surface area contributed by atoms with E-state index in [0.29, 0.717) is 17.8 Å². The van der Waals surface area contributed by atoms with E-state index in [-0.39, 0.29) is 16.2 Å². The van der Waals surface area contributed by atoms with Crippen LogP contribution < -0.4 is 14.3 Å². The Morgan fingerprint density at radius 1 is 0.943 bits per heavy atom. The molecule has 1 heterocycles. The molecule has 2 saturated carbocycles. The van der Waals surface area contributed by atoms with E-state index in [1.807, 2.05) is 13.0 Å². The van der Waals surface area contributed by atoms with Gasteiger partial charge in [-0.15, -0.1) is 0 Å². The van der Waals surface area contributed by atoms with Crippen molar-refractivity contribution in [3.05, 3.63) is 53.6 Å². The van der Waals surface area contributed by atoms with E-state index < -0.39 is 25.6 Å². The van der Waals surface area contributed by atoms with Gasteiger partial charge < -0.3 is 4.90 Å². The smallest absolute Gasteiger partial charge is 0.258 e. The molecule has 0 saturated heterocycles. The zero-order valence-corrected chi connectivity index (χ0v) is 21.6. The zero-order valence-electron chi connectivity index (χ0n) is 20.0. The molecule has 5 rings (SSSR count). The van der Waals surface area contributed by atoms with Crippen LogP contribution in [0.4, 0.5) is 11.4 Å². The van der Waals surface area contributed by atoms with Crippen LogP contribution in [0.5, 0.6) is 0 Å². The van der Waals surface area contributed by atoms with Gasteiger partial charge in [-0.2, -0.15) is 0 Å². The number of hydrogen-bond donors (Lipinski definition) is 2. The van der Waals surface area contributed by atoms with E-state index in [1.54, 1.807) is 29.2 Å². The monoisotopic (exact) mass is 517 g/mol. The standard InChI is InChI=1S/C25H31N3O5S2/c1-24(13-14-24)27-35(32,33)20-8-6-7-18(15-20)23(29)28-17-25(11-4-3-5-12-25)21-16-19(9-10-22(21)28)26-34(2,30)31/h6-10,15-16,26-27H,3-5,11-14,17H2,1-2H3. The molecule has 1 aliphatic heterocycles. The Morgan fingerprint density at radius 2 is 1.66 bits per heavy atom. The first kappa shape index (κ1) is 24.3. The number of rotatable bonds is 6. The first-order valence-corrected chi connectivity index (χ1v) is 15.4. The summed E-state index contributed by atoms with van der Waals surface area (Å²) >= 11 is 0. The molecule has 0 bridgehead atoms. The molecule has 2 aromatic rings. The van der Waals surface area contributed by atoms with Crippen molar-refractivity contribution in [3.8, 4) is 0 Å². The molecular weight excluding hydrogens is 486 g/mol. The summed E-state index contributed by atoms with van der Waals surface area (Å²) in [6.45, 7) is 2.37. The van der Waals surface area contributed by atoms with Gasteiger partial charge in [0, 0.05) is 34.4 Å². The Labute approximate surface area is 207 Å². The average molecular weight is 518 g/mol. The number of carbonyl (C=O) groups is 1. The molecule has 0 aromatic heterocycles. The Kier molecular flexibility index (Phi) is 5.77. The highest BCUT2D eigenvalue weighted by atomic mass is 32.2. The SMILES string of the molecule is CC1(NS(=O)(=O)c2cccc(C(=O)N3CC4(CCCCC4)c4cc(NS(C)(=O)=O)ccc43)c2)CC1. The molecular formula is C25H31N3O5S2. The molecule has 0 atom stereocenters. The van der Waals surface area contributed by atoms with Crippen LogP contribution in [-0.2, 0) is 25.5 Å². The molecule has 10 heteroatoms. The quantitative estimate of drug-likeness (QED) is 0.606. The van der Waals surface area contributed by atoms with E-state index >= 15 is 0 Å². The molecule has 3 aliphatic rings. The maximum absolute atomic E-state index is 13.7. The summed E-state index contributed by atoms with van der Waals surface area (Å²) < 4.78 is 54.7. The number of anilines is 2.